The summed E-state index contributed by atoms with van der Waals surface area (Å²) < 4.78 is 14.6. The Balaban J connectivity index is 2.12. The molecule has 0 radical (unpaired) electrons. The van der Waals surface area contributed by atoms with Crippen molar-refractivity contribution in [2.24, 2.45) is 0 Å². The lowest BCUT2D eigenvalue weighted by atomic mass is 9.93. The summed E-state index contributed by atoms with van der Waals surface area (Å²) >= 11 is 3.34. The SMILES string of the molecule is CC(C)(C)N1CC2CCCCN2c2cc(Br)c(F)cc21. The van der Waals surface area contributed by atoms with Gasteiger partial charge >= 0.3 is 0 Å². The molecule has 0 N–H and O–H groups in total. The van der Waals surface area contributed by atoms with Crippen LogP contribution >= 0.6 is 15.9 Å². The quantitative estimate of drug-likeness (QED) is 0.682. The molecular formula is C16H22BrFN2. The molecule has 0 aromatic heterocycles. The van der Waals surface area contributed by atoms with Gasteiger partial charge in [-0.3, -0.25) is 0 Å². The van der Waals surface area contributed by atoms with E-state index in [4.69, 9.17) is 0 Å². The molecule has 110 valence electrons. The number of benzene rings is 1. The molecule has 2 aliphatic heterocycles. The Bertz CT molecular complexity index is 524. The molecule has 4 heteroatoms. The molecule has 0 saturated carbocycles. The van der Waals surface area contributed by atoms with E-state index in [1.165, 1.54) is 24.9 Å². The molecule has 1 unspecified atom stereocenters. The van der Waals surface area contributed by atoms with Crippen LogP contribution in [-0.2, 0) is 0 Å². The summed E-state index contributed by atoms with van der Waals surface area (Å²) in [6, 6.07) is 4.21. The fourth-order valence-electron chi connectivity index (χ4n) is 3.42. The van der Waals surface area contributed by atoms with Gasteiger partial charge in [-0.2, -0.15) is 0 Å². The van der Waals surface area contributed by atoms with Gasteiger partial charge in [0.25, 0.3) is 0 Å². The summed E-state index contributed by atoms with van der Waals surface area (Å²) in [6.45, 7) is 8.70. The first-order valence-electron chi connectivity index (χ1n) is 7.41. The predicted molar refractivity (Wildman–Crippen MR) is 86.2 cm³/mol. The fraction of sp³-hybridized carbons (Fsp3) is 0.625. The van der Waals surface area contributed by atoms with Gasteiger partial charge < -0.3 is 9.80 Å². The first-order chi connectivity index (χ1) is 9.38. The van der Waals surface area contributed by atoms with Gasteiger partial charge in [0.05, 0.1) is 15.8 Å². The minimum atomic E-state index is -0.173. The Morgan fingerprint density at radius 1 is 1.20 bits per heavy atom. The number of hydrogen-bond donors (Lipinski definition) is 0. The van der Waals surface area contributed by atoms with Crippen LogP contribution in [0.4, 0.5) is 15.8 Å². The van der Waals surface area contributed by atoms with Crippen molar-refractivity contribution < 1.29 is 4.39 Å². The third kappa shape index (κ3) is 2.32. The second kappa shape index (κ2) is 4.90. The number of halogens is 2. The van der Waals surface area contributed by atoms with Crippen molar-refractivity contribution in [1.82, 2.24) is 0 Å². The highest BCUT2D eigenvalue weighted by molar-refractivity contribution is 9.10. The predicted octanol–water partition coefficient (Wildman–Crippen LogP) is 4.57. The molecular weight excluding hydrogens is 319 g/mol. The lowest BCUT2D eigenvalue weighted by molar-refractivity contribution is 0.398. The number of hydrogen-bond acceptors (Lipinski definition) is 2. The molecule has 0 aliphatic carbocycles. The second-order valence-electron chi connectivity index (χ2n) is 6.88. The summed E-state index contributed by atoms with van der Waals surface area (Å²) in [4.78, 5) is 4.84. The number of rotatable bonds is 0. The van der Waals surface area contributed by atoms with Crippen LogP contribution in [0, 0.1) is 5.82 Å². The Morgan fingerprint density at radius 3 is 2.65 bits per heavy atom. The molecule has 0 bridgehead atoms. The zero-order valence-corrected chi connectivity index (χ0v) is 14.0. The largest absolute Gasteiger partial charge is 0.365 e. The molecule has 20 heavy (non-hydrogen) atoms. The minimum Gasteiger partial charge on any atom is -0.365 e. The number of fused-ring (bicyclic) bond motifs is 3. The third-order valence-corrected chi connectivity index (χ3v) is 5.06. The summed E-state index contributed by atoms with van der Waals surface area (Å²) in [5, 5.41) is 0. The monoisotopic (exact) mass is 340 g/mol. The maximum atomic E-state index is 14.0. The highest BCUT2D eigenvalue weighted by Crippen LogP contribution is 2.43. The van der Waals surface area contributed by atoms with Gasteiger partial charge in [0, 0.05) is 30.7 Å². The van der Waals surface area contributed by atoms with Crippen molar-refractivity contribution in [2.75, 3.05) is 22.9 Å². The molecule has 3 rings (SSSR count). The molecule has 2 nitrogen and oxygen atoms in total. The summed E-state index contributed by atoms with van der Waals surface area (Å²) in [5.74, 6) is -0.173. The Kier molecular flexibility index (Phi) is 3.47. The van der Waals surface area contributed by atoms with Crippen molar-refractivity contribution in [3.63, 3.8) is 0 Å². The van der Waals surface area contributed by atoms with Gasteiger partial charge in [0.15, 0.2) is 0 Å². The summed E-state index contributed by atoms with van der Waals surface area (Å²) in [7, 11) is 0. The Morgan fingerprint density at radius 2 is 1.95 bits per heavy atom. The maximum absolute atomic E-state index is 14.0. The highest BCUT2D eigenvalue weighted by atomic mass is 79.9. The normalized spacial score (nSPS) is 22.6. The summed E-state index contributed by atoms with van der Waals surface area (Å²) in [5.41, 5.74) is 2.24. The fourth-order valence-corrected chi connectivity index (χ4v) is 3.76. The van der Waals surface area contributed by atoms with Crippen molar-refractivity contribution >= 4 is 27.3 Å². The number of anilines is 2. The van der Waals surface area contributed by atoms with Gasteiger partial charge in [-0.25, -0.2) is 4.39 Å². The molecule has 2 aliphatic rings. The van der Waals surface area contributed by atoms with E-state index < -0.39 is 0 Å². The van der Waals surface area contributed by atoms with E-state index in [0.717, 1.165) is 18.8 Å². The average Bonchev–Trinajstić information content (AvgIpc) is 2.38. The standard InChI is InChI=1S/C16H22BrFN2/c1-16(2,3)20-10-11-6-4-5-7-19(11)14-8-12(17)13(18)9-15(14)20/h8-9,11H,4-7,10H2,1-3H3. The van der Waals surface area contributed by atoms with E-state index in [1.807, 2.05) is 6.07 Å². The summed E-state index contributed by atoms with van der Waals surface area (Å²) in [6.07, 6.45) is 3.78. The first-order valence-corrected chi connectivity index (χ1v) is 8.20. The lowest BCUT2D eigenvalue weighted by Gasteiger charge is -2.51. The van der Waals surface area contributed by atoms with Crippen LogP contribution in [0.3, 0.4) is 0 Å². The van der Waals surface area contributed by atoms with E-state index in [9.17, 15) is 4.39 Å². The van der Waals surface area contributed by atoms with Crippen molar-refractivity contribution in [1.29, 1.82) is 0 Å². The smallest absolute Gasteiger partial charge is 0.139 e. The molecule has 1 atom stereocenters. The van der Waals surface area contributed by atoms with E-state index in [1.54, 1.807) is 6.07 Å². The van der Waals surface area contributed by atoms with Crippen LogP contribution in [0.15, 0.2) is 16.6 Å². The van der Waals surface area contributed by atoms with Crippen LogP contribution in [-0.4, -0.2) is 24.7 Å². The van der Waals surface area contributed by atoms with Gasteiger partial charge in [0.1, 0.15) is 5.82 Å². The van der Waals surface area contributed by atoms with Crippen LogP contribution < -0.4 is 9.80 Å². The molecule has 1 saturated heterocycles. The number of nitrogens with zero attached hydrogens (tertiary/aromatic N) is 2. The lowest BCUT2D eigenvalue weighted by Crippen LogP contribution is -2.56. The molecule has 1 fully saturated rings. The molecule has 0 spiro atoms. The number of piperidine rings is 1. The maximum Gasteiger partial charge on any atom is 0.139 e. The third-order valence-electron chi connectivity index (χ3n) is 4.45. The van der Waals surface area contributed by atoms with E-state index in [-0.39, 0.29) is 11.4 Å². The molecule has 1 aromatic carbocycles. The molecule has 1 aromatic rings. The minimum absolute atomic E-state index is 0.0125. The zero-order chi connectivity index (χ0) is 14.5. The van der Waals surface area contributed by atoms with Crippen LogP contribution in [0.25, 0.3) is 0 Å². The Hall–Kier alpha value is -0.770. The van der Waals surface area contributed by atoms with Crippen molar-refractivity contribution in [2.45, 2.75) is 51.6 Å². The zero-order valence-electron chi connectivity index (χ0n) is 12.4. The van der Waals surface area contributed by atoms with Gasteiger partial charge in [-0.1, -0.05) is 0 Å². The highest BCUT2D eigenvalue weighted by Gasteiger charge is 2.37. The van der Waals surface area contributed by atoms with E-state index in [0.29, 0.717) is 10.5 Å². The van der Waals surface area contributed by atoms with Crippen molar-refractivity contribution in [3.05, 3.63) is 22.4 Å². The van der Waals surface area contributed by atoms with E-state index >= 15 is 0 Å². The topological polar surface area (TPSA) is 6.48 Å². The first kappa shape index (κ1) is 14.2. The van der Waals surface area contributed by atoms with Gasteiger partial charge in [-0.15, -0.1) is 0 Å². The average molecular weight is 341 g/mol. The molecule has 0 amide bonds. The van der Waals surface area contributed by atoms with Gasteiger partial charge in [0.2, 0.25) is 0 Å². The van der Waals surface area contributed by atoms with Crippen molar-refractivity contribution in [3.8, 4) is 0 Å². The van der Waals surface area contributed by atoms with E-state index in [2.05, 4.69) is 46.5 Å². The molecule has 2 heterocycles. The van der Waals surface area contributed by atoms with Crippen LogP contribution in [0.5, 0.6) is 0 Å². The van der Waals surface area contributed by atoms with Crippen LogP contribution in [0.2, 0.25) is 0 Å². The Labute approximate surface area is 129 Å². The van der Waals surface area contributed by atoms with Crippen LogP contribution in [0.1, 0.15) is 40.0 Å². The van der Waals surface area contributed by atoms with Gasteiger partial charge in [-0.05, 0) is 62.0 Å². The second-order valence-corrected chi connectivity index (χ2v) is 7.73.